The van der Waals surface area contributed by atoms with Crippen LogP contribution in [0.2, 0.25) is 0 Å². The van der Waals surface area contributed by atoms with Crippen molar-refractivity contribution in [2.45, 2.75) is 19.7 Å². The third kappa shape index (κ3) is 3.36. The minimum absolute atomic E-state index is 0.160. The lowest BCUT2D eigenvalue weighted by Crippen LogP contribution is -2.17. The molecule has 72 valence electrons. The molecule has 0 heterocycles. The Morgan fingerprint density at radius 2 is 2.00 bits per heavy atom. The summed E-state index contributed by atoms with van der Waals surface area (Å²) in [6.45, 7) is 1.87. The quantitative estimate of drug-likeness (QED) is 0.696. The third-order valence-corrected chi connectivity index (χ3v) is 1.54. The molecule has 0 fully saturated rings. The van der Waals surface area contributed by atoms with Gasteiger partial charge in [-0.15, -0.1) is 13.2 Å². The Morgan fingerprint density at radius 3 is 2.54 bits per heavy atom. The summed E-state index contributed by atoms with van der Waals surface area (Å²) in [4.78, 5) is 0. The van der Waals surface area contributed by atoms with Crippen molar-refractivity contribution in [1.82, 2.24) is 0 Å². The molecule has 0 radical (unpaired) electrons. The third-order valence-electron chi connectivity index (χ3n) is 1.54. The van der Waals surface area contributed by atoms with Crippen LogP contribution in [0.25, 0.3) is 0 Å². The molecule has 1 aromatic carbocycles. The predicted octanol–water partition coefficient (Wildman–Crippen LogP) is 3.15. The molecule has 0 aliphatic heterocycles. The van der Waals surface area contributed by atoms with Crippen molar-refractivity contribution in [1.29, 1.82) is 0 Å². The summed E-state index contributed by atoms with van der Waals surface area (Å²) in [5.41, 5.74) is 0.821. The van der Waals surface area contributed by atoms with Gasteiger partial charge in [-0.25, -0.2) is 0 Å². The van der Waals surface area contributed by atoms with Gasteiger partial charge in [0.1, 0.15) is 5.75 Å². The smallest absolute Gasteiger partial charge is 0.406 e. The first kappa shape index (κ1) is 9.89. The van der Waals surface area contributed by atoms with Gasteiger partial charge in [0.25, 0.3) is 0 Å². The molecule has 1 aromatic rings. The van der Waals surface area contributed by atoms with Crippen LogP contribution < -0.4 is 4.74 Å². The highest BCUT2D eigenvalue weighted by molar-refractivity contribution is 5.28. The zero-order valence-electron chi connectivity index (χ0n) is 7.06. The Kier molecular flexibility index (Phi) is 2.80. The largest absolute Gasteiger partial charge is 0.573 e. The second kappa shape index (κ2) is 3.68. The monoisotopic (exact) mass is 190 g/mol. The van der Waals surface area contributed by atoms with Gasteiger partial charge >= 0.3 is 6.36 Å². The summed E-state index contributed by atoms with van der Waals surface area (Å²) >= 11 is 0. The van der Waals surface area contributed by atoms with Crippen molar-refractivity contribution in [3.05, 3.63) is 29.8 Å². The van der Waals surface area contributed by atoms with E-state index in [0.29, 0.717) is 6.42 Å². The van der Waals surface area contributed by atoms with Crippen LogP contribution in [-0.2, 0) is 6.42 Å². The van der Waals surface area contributed by atoms with E-state index in [9.17, 15) is 13.2 Å². The average molecular weight is 190 g/mol. The van der Waals surface area contributed by atoms with E-state index in [1.54, 1.807) is 12.1 Å². The van der Waals surface area contributed by atoms with E-state index in [2.05, 4.69) is 4.74 Å². The van der Waals surface area contributed by atoms with Crippen LogP contribution in [0.1, 0.15) is 12.5 Å². The normalized spacial score (nSPS) is 11.4. The highest BCUT2D eigenvalue weighted by Gasteiger charge is 2.30. The van der Waals surface area contributed by atoms with Gasteiger partial charge in [-0.05, 0) is 24.1 Å². The lowest BCUT2D eigenvalue weighted by Gasteiger charge is -2.09. The van der Waals surface area contributed by atoms with E-state index in [0.717, 1.165) is 5.56 Å². The molecule has 13 heavy (non-hydrogen) atoms. The molecule has 0 saturated heterocycles. The standard InChI is InChI=1S/C9H9F3O/c1-2-7-4-3-5-8(6-7)13-9(10,11)12/h3-6H,2H2,1H3. The van der Waals surface area contributed by atoms with Gasteiger partial charge in [-0.3, -0.25) is 0 Å². The van der Waals surface area contributed by atoms with E-state index in [4.69, 9.17) is 0 Å². The molecular formula is C9H9F3O. The van der Waals surface area contributed by atoms with Crippen molar-refractivity contribution in [3.8, 4) is 5.75 Å². The van der Waals surface area contributed by atoms with Crippen molar-refractivity contribution < 1.29 is 17.9 Å². The van der Waals surface area contributed by atoms with Crippen LogP contribution in [-0.4, -0.2) is 6.36 Å². The highest BCUT2D eigenvalue weighted by atomic mass is 19.4. The molecule has 0 saturated carbocycles. The molecule has 0 bridgehead atoms. The lowest BCUT2D eigenvalue weighted by molar-refractivity contribution is -0.274. The summed E-state index contributed by atoms with van der Waals surface area (Å²) in [5.74, 6) is -0.160. The molecule has 0 spiro atoms. The van der Waals surface area contributed by atoms with Gasteiger partial charge in [-0.1, -0.05) is 19.1 Å². The Morgan fingerprint density at radius 1 is 1.31 bits per heavy atom. The van der Waals surface area contributed by atoms with Crippen LogP contribution in [0.4, 0.5) is 13.2 Å². The maximum atomic E-state index is 11.8. The molecule has 0 aliphatic carbocycles. The Balaban J connectivity index is 2.78. The Labute approximate surface area is 74.1 Å². The fraction of sp³-hybridized carbons (Fsp3) is 0.333. The Bertz CT molecular complexity index is 280. The van der Waals surface area contributed by atoms with E-state index in [-0.39, 0.29) is 5.75 Å². The number of hydrogen-bond donors (Lipinski definition) is 0. The van der Waals surface area contributed by atoms with Crippen LogP contribution in [0.5, 0.6) is 5.75 Å². The maximum Gasteiger partial charge on any atom is 0.573 e. The number of rotatable bonds is 2. The number of aryl methyl sites for hydroxylation is 1. The average Bonchev–Trinajstić information content (AvgIpc) is 2.01. The molecular weight excluding hydrogens is 181 g/mol. The lowest BCUT2D eigenvalue weighted by atomic mass is 10.2. The van der Waals surface area contributed by atoms with Gasteiger partial charge in [0.2, 0.25) is 0 Å². The minimum Gasteiger partial charge on any atom is -0.406 e. The van der Waals surface area contributed by atoms with E-state index >= 15 is 0 Å². The molecule has 0 unspecified atom stereocenters. The summed E-state index contributed by atoms with van der Waals surface area (Å²) in [6, 6.07) is 5.96. The summed E-state index contributed by atoms with van der Waals surface area (Å²) in [7, 11) is 0. The van der Waals surface area contributed by atoms with Crippen molar-refractivity contribution >= 4 is 0 Å². The predicted molar refractivity (Wildman–Crippen MR) is 42.5 cm³/mol. The molecule has 4 heteroatoms. The minimum atomic E-state index is -4.60. The Hall–Kier alpha value is -1.19. The molecule has 0 atom stereocenters. The van der Waals surface area contributed by atoms with Crippen molar-refractivity contribution in [2.24, 2.45) is 0 Å². The molecule has 0 aliphatic rings. The summed E-state index contributed by atoms with van der Waals surface area (Å²) < 4.78 is 39.0. The van der Waals surface area contributed by atoms with E-state index in [1.165, 1.54) is 12.1 Å². The molecule has 0 amide bonds. The molecule has 1 rings (SSSR count). The second-order valence-electron chi connectivity index (χ2n) is 2.55. The van der Waals surface area contributed by atoms with E-state index in [1.807, 2.05) is 6.92 Å². The van der Waals surface area contributed by atoms with Crippen LogP contribution >= 0.6 is 0 Å². The number of halogens is 3. The topological polar surface area (TPSA) is 9.23 Å². The molecule has 0 aromatic heterocycles. The first-order valence-electron chi connectivity index (χ1n) is 3.86. The first-order valence-corrected chi connectivity index (χ1v) is 3.86. The number of benzene rings is 1. The SMILES string of the molecule is CCc1cccc(OC(F)(F)F)c1. The maximum absolute atomic E-state index is 11.8. The summed E-state index contributed by atoms with van der Waals surface area (Å²) in [6.07, 6.45) is -3.92. The van der Waals surface area contributed by atoms with Crippen LogP contribution in [0.15, 0.2) is 24.3 Å². The van der Waals surface area contributed by atoms with Gasteiger partial charge in [-0.2, -0.15) is 0 Å². The van der Waals surface area contributed by atoms with E-state index < -0.39 is 6.36 Å². The summed E-state index contributed by atoms with van der Waals surface area (Å²) in [5, 5.41) is 0. The number of ether oxygens (including phenoxy) is 1. The van der Waals surface area contributed by atoms with Crippen LogP contribution in [0, 0.1) is 0 Å². The highest BCUT2D eigenvalue weighted by Crippen LogP contribution is 2.23. The van der Waals surface area contributed by atoms with Gasteiger partial charge in [0, 0.05) is 0 Å². The van der Waals surface area contributed by atoms with Crippen LogP contribution in [0.3, 0.4) is 0 Å². The number of alkyl halides is 3. The van der Waals surface area contributed by atoms with Gasteiger partial charge in [0.15, 0.2) is 0 Å². The fourth-order valence-electron chi connectivity index (χ4n) is 0.963. The zero-order valence-corrected chi connectivity index (χ0v) is 7.06. The van der Waals surface area contributed by atoms with Crippen molar-refractivity contribution in [3.63, 3.8) is 0 Å². The van der Waals surface area contributed by atoms with Gasteiger partial charge < -0.3 is 4.74 Å². The fourth-order valence-corrected chi connectivity index (χ4v) is 0.963. The second-order valence-corrected chi connectivity index (χ2v) is 2.55. The zero-order chi connectivity index (χ0) is 9.90. The molecule has 1 nitrogen and oxygen atoms in total. The molecule has 0 N–H and O–H groups in total. The first-order chi connectivity index (χ1) is 6.01. The number of hydrogen-bond acceptors (Lipinski definition) is 1. The van der Waals surface area contributed by atoms with Crippen molar-refractivity contribution in [2.75, 3.05) is 0 Å². The van der Waals surface area contributed by atoms with Gasteiger partial charge in [0.05, 0.1) is 0 Å².